The van der Waals surface area contributed by atoms with E-state index in [4.69, 9.17) is 4.74 Å². The number of hydrogen-bond acceptors (Lipinski definition) is 4. The Morgan fingerprint density at radius 3 is 2.78 bits per heavy atom. The van der Waals surface area contributed by atoms with Crippen molar-refractivity contribution >= 4 is 28.6 Å². The van der Waals surface area contributed by atoms with Gasteiger partial charge < -0.3 is 25.3 Å². The molecule has 0 bridgehead atoms. The molecule has 0 aliphatic carbocycles. The summed E-state index contributed by atoms with van der Waals surface area (Å²) in [6, 6.07) is 6.58. The molecule has 2 atom stereocenters. The zero-order valence-electron chi connectivity index (χ0n) is 14.7. The summed E-state index contributed by atoms with van der Waals surface area (Å²) in [4.78, 5) is 36.2. The predicted octanol–water partition coefficient (Wildman–Crippen LogP) is 0.184. The highest BCUT2D eigenvalue weighted by Crippen LogP contribution is 2.23. The lowest BCUT2D eigenvalue weighted by Crippen LogP contribution is -2.50. The largest absolute Gasteiger partial charge is 0.377 e. The van der Waals surface area contributed by atoms with E-state index in [-0.39, 0.29) is 29.8 Å². The fourth-order valence-corrected chi connectivity index (χ4v) is 3.53. The SMILES string of the molecule is C=CC(=O)NC1COCC1NC(=O)c1ccc2cc3n(c2c1)CCNC3=O. The molecule has 2 unspecified atom stereocenters. The molecule has 2 aliphatic heterocycles. The first-order valence-corrected chi connectivity index (χ1v) is 8.80. The Labute approximate surface area is 155 Å². The van der Waals surface area contributed by atoms with Gasteiger partial charge in [0.1, 0.15) is 5.69 Å². The molecule has 1 fully saturated rings. The third-order valence-corrected chi connectivity index (χ3v) is 4.93. The van der Waals surface area contributed by atoms with Crippen LogP contribution in [0.5, 0.6) is 0 Å². The summed E-state index contributed by atoms with van der Waals surface area (Å²) in [6.07, 6.45) is 1.19. The van der Waals surface area contributed by atoms with Gasteiger partial charge in [-0.15, -0.1) is 0 Å². The van der Waals surface area contributed by atoms with Gasteiger partial charge in [0, 0.05) is 29.6 Å². The van der Waals surface area contributed by atoms with Gasteiger partial charge in [-0.25, -0.2) is 0 Å². The molecule has 3 amide bonds. The standard InChI is InChI=1S/C19H20N4O4/c1-2-17(24)21-13-9-27-10-14(13)22-18(25)12-4-3-11-7-16-19(26)20-5-6-23(16)15(11)8-12/h2-4,7-8,13-14H,1,5-6,9-10H2,(H,20,26)(H,21,24)(H,22,25). The number of hydrogen-bond donors (Lipinski definition) is 3. The van der Waals surface area contributed by atoms with Gasteiger partial charge in [-0.1, -0.05) is 12.6 Å². The first-order valence-electron chi connectivity index (χ1n) is 8.80. The fourth-order valence-electron chi connectivity index (χ4n) is 3.53. The van der Waals surface area contributed by atoms with Crippen LogP contribution in [0, 0.1) is 0 Å². The van der Waals surface area contributed by atoms with Crippen molar-refractivity contribution in [3.05, 3.63) is 48.2 Å². The van der Waals surface area contributed by atoms with Crippen LogP contribution in [-0.2, 0) is 16.1 Å². The Balaban J connectivity index is 1.55. The molecule has 1 saturated heterocycles. The highest BCUT2D eigenvalue weighted by atomic mass is 16.5. The van der Waals surface area contributed by atoms with Crippen molar-refractivity contribution in [2.24, 2.45) is 0 Å². The van der Waals surface area contributed by atoms with E-state index in [1.807, 2.05) is 16.7 Å². The highest BCUT2D eigenvalue weighted by molar-refractivity contribution is 6.02. The van der Waals surface area contributed by atoms with Crippen molar-refractivity contribution in [2.75, 3.05) is 19.8 Å². The lowest BCUT2D eigenvalue weighted by atomic mass is 10.1. The molecule has 0 spiro atoms. The molecular formula is C19H20N4O4. The van der Waals surface area contributed by atoms with Crippen LogP contribution < -0.4 is 16.0 Å². The van der Waals surface area contributed by atoms with Crippen LogP contribution in [0.4, 0.5) is 0 Å². The summed E-state index contributed by atoms with van der Waals surface area (Å²) in [5, 5.41) is 9.41. The minimum Gasteiger partial charge on any atom is -0.377 e. The minimum absolute atomic E-state index is 0.104. The summed E-state index contributed by atoms with van der Waals surface area (Å²) in [5.41, 5.74) is 1.95. The quantitative estimate of drug-likeness (QED) is 0.670. The summed E-state index contributed by atoms with van der Waals surface area (Å²) in [7, 11) is 0. The molecule has 8 heteroatoms. The maximum Gasteiger partial charge on any atom is 0.268 e. The number of aromatic nitrogens is 1. The van der Waals surface area contributed by atoms with E-state index in [9.17, 15) is 14.4 Å². The Morgan fingerprint density at radius 2 is 2.00 bits per heavy atom. The number of ether oxygens (including phenoxy) is 1. The van der Waals surface area contributed by atoms with Gasteiger partial charge in [0.15, 0.2) is 0 Å². The van der Waals surface area contributed by atoms with Crippen molar-refractivity contribution in [2.45, 2.75) is 18.6 Å². The van der Waals surface area contributed by atoms with Gasteiger partial charge in [0.05, 0.1) is 25.3 Å². The van der Waals surface area contributed by atoms with E-state index in [0.29, 0.717) is 37.6 Å². The second kappa shape index (κ2) is 6.88. The molecule has 2 aliphatic rings. The number of carbonyl (C=O) groups excluding carboxylic acids is 3. The van der Waals surface area contributed by atoms with Crippen molar-refractivity contribution in [3.8, 4) is 0 Å². The Kier molecular flexibility index (Phi) is 4.41. The third-order valence-electron chi connectivity index (χ3n) is 4.93. The normalized spacial score (nSPS) is 21.4. The van der Waals surface area contributed by atoms with E-state index >= 15 is 0 Å². The van der Waals surface area contributed by atoms with E-state index < -0.39 is 0 Å². The molecule has 3 heterocycles. The van der Waals surface area contributed by atoms with E-state index in [1.54, 1.807) is 12.1 Å². The molecule has 2 aromatic rings. The predicted molar refractivity (Wildman–Crippen MR) is 98.5 cm³/mol. The highest BCUT2D eigenvalue weighted by Gasteiger charge is 2.31. The number of nitrogens with one attached hydrogen (secondary N) is 3. The lowest BCUT2D eigenvalue weighted by Gasteiger charge is -2.20. The summed E-state index contributed by atoms with van der Waals surface area (Å²) < 4.78 is 7.31. The van der Waals surface area contributed by atoms with Crippen molar-refractivity contribution in [1.29, 1.82) is 0 Å². The summed E-state index contributed by atoms with van der Waals surface area (Å²) in [6.45, 7) is 5.33. The molecule has 1 aromatic carbocycles. The molecule has 4 rings (SSSR count). The summed E-state index contributed by atoms with van der Waals surface area (Å²) in [5.74, 6) is -0.655. The monoisotopic (exact) mass is 368 g/mol. The van der Waals surface area contributed by atoms with Crippen LogP contribution in [-0.4, -0.2) is 54.1 Å². The van der Waals surface area contributed by atoms with Crippen molar-refractivity contribution in [1.82, 2.24) is 20.5 Å². The molecule has 1 aromatic heterocycles. The third kappa shape index (κ3) is 3.19. The number of nitrogens with zero attached hydrogens (tertiary/aromatic N) is 1. The molecular weight excluding hydrogens is 348 g/mol. The Hall–Kier alpha value is -3.13. The molecule has 0 radical (unpaired) electrons. The topological polar surface area (TPSA) is 101 Å². The molecule has 140 valence electrons. The Bertz CT molecular complexity index is 949. The molecule has 27 heavy (non-hydrogen) atoms. The number of fused-ring (bicyclic) bond motifs is 3. The average molecular weight is 368 g/mol. The zero-order valence-corrected chi connectivity index (χ0v) is 14.7. The average Bonchev–Trinajstić information content (AvgIpc) is 3.26. The maximum absolute atomic E-state index is 12.7. The molecule has 8 nitrogen and oxygen atoms in total. The zero-order chi connectivity index (χ0) is 19.0. The van der Waals surface area contributed by atoms with Gasteiger partial charge in [0.2, 0.25) is 5.91 Å². The maximum atomic E-state index is 12.7. The van der Waals surface area contributed by atoms with Gasteiger partial charge >= 0.3 is 0 Å². The van der Waals surface area contributed by atoms with Crippen LogP contribution >= 0.6 is 0 Å². The number of benzene rings is 1. The number of amides is 3. The number of rotatable bonds is 4. The van der Waals surface area contributed by atoms with Gasteiger partial charge in [-0.3, -0.25) is 14.4 Å². The smallest absolute Gasteiger partial charge is 0.268 e. The lowest BCUT2D eigenvalue weighted by molar-refractivity contribution is -0.117. The van der Waals surface area contributed by atoms with Crippen LogP contribution in [0.1, 0.15) is 20.8 Å². The molecule has 0 saturated carbocycles. The van der Waals surface area contributed by atoms with E-state index in [2.05, 4.69) is 22.5 Å². The Morgan fingerprint density at radius 1 is 1.22 bits per heavy atom. The van der Waals surface area contributed by atoms with Crippen LogP contribution in [0.25, 0.3) is 10.9 Å². The van der Waals surface area contributed by atoms with E-state index in [1.165, 1.54) is 6.08 Å². The first kappa shape index (κ1) is 17.3. The fraction of sp³-hybridized carbons (Fsp3) is 0.316. The van der Waals surface area contributed by atoms with E-state index in [0.717, 1.165) is 10.9 Å². The van der Waals surface area contributed by atoms with Gasteiger partial charge in [-0.05, 0) is 24.3 Å². The van der Waals surface area contributed by atoms with Crippen molar-refractivity contribution < 1.29 is 19.1 Å². The van der Waals surface area contributed by atoms with Crippen LogP contribution in [0.15, 0.2) is 36.9 Å². The van der Waals surface area contributed by atoms with Crippen LogP contribution in [0.2, 0.25) is 0 Å². The second-order valence-corrected chi connectivity index (χ2v) is 6.65. The van der Waals surface area contributed by atoms with Gasteiger partial charge in [0.25, 0.3) is 11.8 Å². The molecule has 3 N–H and O–H groups in total. The first-order chi connectivity index (χ1) is 13.1. The number of carbonyl (C=O) groups is 3. The second-order valence-electron chi connectivity index (χ2n) is 6.65. The van der Waals surface area contributed by atoms with Crippen LogP contribution in [0.3, 0.4) is 0 Å². The van der Waals surface area contributed by atoms with Gasteiger partial charge in [-0.2, -0.15) is 0 Å². The minimum atomic E-state index is -0.316. The van der Waals surface area contributed by atoms with Crippen molar-refractivity contribution in [3.63, 3.8) is 0 Å². The summed E-state index contributed by atoms with van der Waals surface area (Å²) >= 11 is 0.